The highest BCUT2D eigenvalue weighted by Gasteiger charge is 2.09. The van der Waals surface area contributed by atoms with Gasteiger partial charge in [0.15, 0.2) is 0 Å². The van der Waals surface area contributed by atoms with E-state index < -0.39 is 0 Å². The molecule has 0 atom stereocenters. The van der Waals surface area contributed by atoms with Gasteiger partial charge in [-0.1, -0.05) is 12.1 Å². The number of aryl methyl sites for hydroxylation is 1. The molecule has 0 fully saturated rings. The van der Waals surface area contributed by atoms with Crippen LogP contribution < -0.4 is 16.8 Å². The molecule has 0 radical (unpaired) electrons. The Hall–Kier alpha value is -3.00. The monoisotopic (exact) mass is 339 g/mol. The first-order chi connectivity index (χ1) is 11.7. The molecule has 0 spiro atoms. The summed E-state index contributed by atoms with van der Waals surface area (Å²) >= 11 is 1.44. The van der Waals surface area contributed by atoms with Crippen molar-refractivity contribution in [2.24, 2.45) is 16.1 Å². The summed E-state index contributed by atoms with van der Waals surface area (Å²) in [4.78, 5) is 20.6. The van der Waals surface area contributed by atoms with Crippen LogP contribution in [0.3, 0.4) is 0 Å². The van der Waals surface area contributed by atoms with Crippen LogP contribution in [0.5, 0.6) is 0 Å². The smallest absolute Gasteiger partial charge is 0.279 e. The maximum absolute atomic E-state index is 12.2. The highest BCUT2D eigenvalue weighted by Crippen LogP contribution is 2.25. The molecule has 4 N–H and O–H groups in total. The van der Waals surface area contributed by atoms with Crippen molar-refractivity contribution in [2.75, 3.05) is 0 Å². The summed E-state index contributed by atoms with van der Waals surface area (Å²) in [5.41, 5.74) is 12.1. The van der Waals surface area contributed by atoms with Crippen molar-refractivity contribution in [1.82, 2.24) is 9.97 Å². The van der Waals surface area contributed by atoms with Crippen LogP contribution in [0.1, 0.15) is 12.0 Å². The molecular formula is C16H15N6OS+. The molecule has 8 heteroatoms. The molecule has 3 aromatic rings. The quantitative estimate of drug-likeness (QED) is 0.313. The molecule has 0 unspecified atom stereocenters. The molecule has 7 nitrogen and oxygen atoms in total. The normalized spacial score (nSPS) is 11.6. The van der Waals surface area contributed by atoms with E-state index in [4.69, 9.17) is 11.3 Å². The average Bonchev–Trinajstić information content (AvgIpc) is 2.60. The van der Waals surface area contributed by atoms with E-state index in [1.54, 1.807) is 12.3 Å². The maximum atomic E-state index is 12.2. The van der Waals surface area contributed by atoms with Crippen molar-refractivity contribution >= 4 is 27.3 Å². The lowest BCUT2D eigenvalue weighted by molar-refractivity contribution is -0.221. The molecule has 0 bridgehead atoms. The first-order valence-corrected chi connectivity index (χ1v) is 8.06. The predicted octanol–water partition coefficient (Wildman–Crippen LogP) is 1.13. The third-order valence-corrected chi connectivity index (χ3v) is 4.50. The lowest BCUT2D eigenvalue weighted by atomic mass is 10.1. The number of rotatable bonds is 5. The van der Waals surface area contributed by atoms with Gasteiger partial charge in [-0.15, -0.1) is 11.3 Å². The third-order valence-electron chi connectivity index (χ3n) is 3.43. The van der Waals surface area contributed by atoms with Crippen LogP contribution in [0, 0.1) is 0 Å². The van der Waals surface area contributed by atoms with Crippen molar-refractivity contribution in [3.63, 3.8) is 0 Å². The van der Waals surface area contributed by atoms with Crippen molar-refractivity contribution < 1.29 is 5.53 Å². The molecule has 0 saturated carbocycles. The van der Waals surface area contributed by atoms with E-state index in [0.717, 1.165) is 10.3 Å². The summed E-state index contributed by atoms with van der Waals surface area (Å²) in [6.07, 6.45) is 2.90. The van der Waals surface area contributed by atoms with E-state index in [9.17, 15) is 4.79 Å². The molecule has 0 aliphatic carbocycles. The fourth-order valence-corrected chi connectivity index (χ4v) is 3.23. The number of hydrogen-bond donors (Lipinski definition) is 2. The Balaban J connectivity index is 1.93. The van der Waals surface area contributed by atoms with Gasteiger partial charge in [0.1, 0.15) is 10.2 Å². The minimum absolute atomic E-state index is 0.243. The van der Waals surface area contributed by atoms with Crippen LogP contribution in [0.15, 0.2) is 57.7 Å². The summed E-state index contributed by atoms with van der Waals surface area (Å²) in [5, 5.41) is 7.97. The van der Waals surface area contributed by atoms with E-state index >= 15 is 0 Å². The lowest BCUT2D eigenvalue weighted by Crippen LogP contribution is -2.23. The van der Waals surface area contributed by atoms with E-state index in [1.165, 1.54) is 11.3 Å². The fraction of sp³-hybridized carbons (Fsp3) is 0.125. The number of aromatic nitrogens is 2. The zero-order valence-corrected chi connectivity index (χ0v) is 13.5. The standard InChI is InChI=1S/C16H14N6OS/c17-14(21-22-18)6-5-10-7-8-19-12(9-10)16-20-15(23)11-3-1-2-4-13(11)24-16/h1-4,7-9H,5-6H2,(H3,17,18,21)/p+1. The zero-order valence-electron chi connectivity index (χ0n) is 12.7. The number of nitrogens with two attached hydrogens (primary N) is 2. The predicted molar refractivity (Wildman–Crippen MR) is 93.4 cm³/mol. The van der Waals surface area contributed by atoms with E-state index in [-0.39, 0.29) is 5.56 Å². The Morgan fingerprint density at radius 3 is 2.96 bits per heavy atom. The molecule has 0 saturated heterocycles. The van der Waals surface area contributed by atoms with Gasteiger partial charge < -0.3 is 5.73 Å². The van der Waals surface area contributed by atoms with Crippen molar-refractivity contribution in [1.29, 1.82) is 0 Å². The van der Waals surface area contributed by atoms with Gasteiger partial charge in [0.2, 0.25) is 5.84 Å². The first kappa shape index (κ1) is 15.9. The zero-order chi connectivity index (χ0) is 16.9. The molecule has 3 rings (SSSR count). The van der Waals surface area contributed by atoms with Crippen LogP contribution in [0.25, 0.3) is 20.8 Å². The third kappa shape index (κ3) is 3.49. The highest BCUT2D eigenvalue weighted by molar-refractivity contribution is 7.21. The summed E-state index contributed by atoms with van der Waals surface area (Å²) in [6, 6.07) is 11.2. The van der Waals surface area contributed by atoms with Gasteiger partial charge in [0.25, 0.3) is 5.56 Å². The molecule has 0 aliphatic heterocycles. The number of amidine groups is 1. The molecule has 2 aromatic heterocycles. The van der Waals surface area contributed by atoms with E-state index in [1.807, 2.05) is 30.3 Å². The second kappa shape index (κ2) is 7.05. The van der Waals surface area contributed by atoms with Crippen LogP contribution in [0.2, 0.25) is 0 Å². The first-order valence-electron chi connectivity index (χ1n) is 7.25. The molecule has 0 amide bonds. The van der Waals surface area contributed by atoms with Crippen LogP contribution in [-0.4, -0.2) is 15.8 Å². The van der Waals surface area contributed by atoms with Crippen LogP contribution in [0.4, 0.5) is 0 Å². The number of nitrogens with zero attached hydrogens (tertiary/aromatic N) is 4. The van der Waals surface area contributed by atoms with Gasteiger partial charge in [0.05, 0.1) is 16.2 Å². The van der Waals surface area contributed by atoms with Crippen molar-refractivity contribution in [2.45, 2.75) is 12.8 Å². The Bertz CT molecular complexity index is 981. The van der Waals surface area contributed by atoms with Gasteiger partial charge in [-0.2, -0.15) is 10.5 Å². The summed E-state index contributed by atoms with van der Waals surface area (Å²) in [5.74, 6) is 0.365. The van der Waals surface area contributed by atoms with Crippen molar-refractivity contribution in [3.8, 4) is 10.7 Å². The SMILES string of the molecule is N/C(CCc1ccnc(-c2nc(=O)c3ccccc3s2)c1)=N\N=[NH2+]. The fourth-order valence-electron chi connectivity index (χ4n) is 2.26. The number of hydrogen-bond acceptors (Lipinski definition) is 5. The molecular weight excluding hydrogens is 324 g/mol. The number of fused-ring (bicyclic) bond motifs is 1. The second-order valence-corrected chi connectivity index (χ2v) is 6.11. The molecule has 1 aromatic carbocycles. The maximum Gasteiger partial charge on any atom is 0.279 e. The summed E-state index contributed by atoms with van der Waals surface area (Å²) < 4.78 is 0.889. The summed E-state index contributed by atoms with van der Waals surface area (Å²) in [6.45, 7) is 0. The van der Waals surface area contributed by atoms with Gasteiger partial charge in [-0.25, -0.2) is 0 Å². The van der Waals surface area contributed by atoms with Gasteiger partial charge >= 0.3 is 0 Å². The van der Waals surface area contributed by atoms with Crippen LogP contribution in [-0.2, 0) is 6.42 Å². The Labute approximate surface area is 141 Å². The van der Waals surface area contributed by atoms with E-state index in [2.05, 4.69) is 20.3 Å². The molecule has 24 heavy (non-hydrogen) atoms. The van der Waals surface area contributed by atoms with E-state index in [0.29, 0.717) is 34.8 Å². The average molecular weight is 339 g/mol. The second-order valence-electron chi connectivity index (χ2n) is 5.08. The number of pyridine rings is 1. The number of benzene rings is 1. The topological polar surface area (TPSA) is 119 Å². The Kier molecular flexibility index (Phi) is 4.66. The minimum atomic E-state index is -0.243. The Morgan fingerprint density at radius 2 is 2.12 bits per heavy atom. The van der Waals surface area contributed by atoms with Gasteiger partial charge in [0, 0.05) is 17.3 Å². The van der Waals surface area contributed by atoms with Gasteiger partial charge in [-0.05, 0) is 36.2 Å². The van der Waals surface area contributed by atoms with Gasteiger partial charge in [-0.3, -0.25) is 9.78 Å². The Morgan fingerprint density at radius 1 is 1.29 bits per heavy atom. The summed E-state index contributed by atoms with van der Waals surface area (Å²) in [7, 11) is 0. The van der Waals surface area contributed by atoms with Crippen LogP contribution >= 0.6 is 11.3 Å². The molecule has 120 valence electrons. The largest absolute Gasteiger partial charge is 0.364 e. The van der Waals surface area contributed by atoms with Crippen molar-refractivity contribution in [3.05, 3.63) is 58.5 Å². The minimum Gasteiger partial charge on any atom is -0.364 e. The molecule has 0 aliphatic rings. The molecule has 2 heterocycles. The lowest BCUT2D eigenvalue weighted by Gasteiger charge is -2.04. The highest BCUT2D eigenvalue weighted by atomic mass is 32.1.